The molecule has 2 aromatic carbocycles. The third-order valence-corrected chi connectivity index (χ3v) is 4.22. The van der Waals surface area contributed by atoms with Gasteiger partial charge >= 0.3 is 0 Å². The first-order valence-electron chi connectivity index (χ1n) is 8.53. The molecule has 0 saturated heterocycles. The van der Waals surface area contributed by atoms with Gasteiger partial charge in [-0.25, -0.2) is 0 Å². The van der Waals surface area contributed by atoms with E-state index in [1.807, 2.05) is 35.9 Å². The van der Waals surface area contributed by atoms with Crippen molar-refractivity contribution >= 4 is 0 Å². The van der Waals surface area contributed by atoms with E-state index in [0.717, 1.165) is 22.9 Å². The molecule has 0 aliphatic rings. The Morgan fingerprint density at radius 2 is 1.56 bits per heavy atom. The standard InChI is InChI=1S/C21H24N3.Ir/c1-14(2)18-12-9-13-19(15(3)4)20(18)24-21(22-16(5)23-24)17-10-7-6-8-11-17;/h6-10,12-15H,1-5H3;/q-1;. The second-order valence-electron chi connectivity index (χ2n) is 6.77. The zero-order valence-electron chi connectivity index (χ0n) is 15.4. The van der Waals surface area contributed by atoms with Crippen LogP contribution < -0.4 is 0 Å². The van der Waals surface area contributed by atoms with Gasteiger partial charge in [-0.05, 0) is 29.9 Å². The van der Waals surface area contributed by atoms with Crippen molar-refractivity contribution in [2.75, 3.05) is 0 Å². The van der Waals surface area contributed by atoms with E-state index in [1.54, 1.807) is 0 Å². The van der Waals surface area contributed by atoms with Crippen LogP contribution in [0.3, 0.4) is 0 Å². The summed E-state index contributed by atoms with van der Waals surface area (Å²) in [7, 11) is 0. The Bertz CT molecular complexity index is 809. The predicted octanol–water partition coefficient (Wildman–Crippen LogP) is 5.29. The summed E-state index contributed by atoms with van der Waals surface area (Å²) in [4.78, 5) is 4.68. The van der Waals surface area contributed by atoms with Crippen LogP contribution in [0.15, 0.2) is 42.5 Å². The second-order valence-corrected chi connectivity index (χ2v) is 6.77. The molecule has 0 spiro atoms. The largest absolute Gasteiger partial charge is 0.262 e. The van der Waals surface area contributed by atoms with Gasteiger partial charge in [0.25, 0.3) is 0 Å². The van der Waals surface area contributed by atoms with Crippen LogP contribution in [0.2, 0.25) is 0 Å². The van der Waals surface area contributed by atoms with Crippen molar-refractivity contribution in [2.24, 2.45) is 0 Å². The van der Waals surface area contributed by atoms with Gasteiger partial charge in [0, 0.05) is 20.1 Å². The van der Waals surface area contributed by atoms with Crippen LogP contribution >= 0.6 is 0 Å². The van der Waals surface area contributed by atoms with E-state index in [9.17, 15) is 0 Å². The van der Waals surface area contributed by atoms with E-state index in [0.29, 0.717) is 11.8 Å². The molecule has 1 heterocycles. The first-order chi connectivity index (χ1) is 11.5. The van der Waals surface area contributed by atoms with Crippen LogP contribution in [-0.4, -0.2) is 14.8 Å². The maximum absolute atomic E-state index is 4.73. The summed E-state index contributed by atoms with van der Waals surface area (Å²) in [5.41, 5.74) is 4.72. The Labute approximate surface area is 163 Å². The average Bonchev–Trinajstić information content (AvgIpc) is 2.96. The fourth-order valence-corrected chi connectivity index (χ4v) is 3.03. The molecule has 0 aliphatic carbocycles. The molecule has 0 bridgehead atoms. The average molecular weight is 511 g/mol. The van der Waals surface area contributed by atoms with Gasteiger partial charge in [0.15, 0.2) is 0 Å². The number of hydrogen-bond donors (Lipinski definition) is 0. The summed E-state index contributed by atoms with van der Waals surface area (Å²) < 4.78 is 2.01. The summed E-state index contributed by atoms with van der Waals surface area (Å²) in [6.45, 7) is 10.8. The van der Waals surface area contributed by atoms with E-state index in [2.05, 4.69) is 56.9 Å². The summed E-state index contributed by atoms with van der Waals surface area (Å²) in [5.74, 6) is 2.45. The van der Waals surface area contributed by atoms with Crippen LogP contribution in [0.25, 0.3) is 17.1 Å². The molecule has 0 N–H and O–H groups in total. The van der Waals surface area contributed by atoms with Crippen molar-refractivity contribution in [3.05, 3.63) is 65.5 Å². The van der Waals surface area contributed by atoms with Gasteiger partial charge in [0.2, 0.25) is 0 Å². The van der Waals surface area contributed by atoms with Crippen molar-refractivity contribution in [1.29, 1.82) is 0 Å². The maximum Gasteiger partial charge on any atom is 0.137 e. The molecule has 3 aromatic rings. The van der Waals surface area contributed by atoms with E-state index in [1.165, 1.54) is 11.1 Å². The Hall–Kier alpha value is -1.77. The van der Waals surface area contributed by atoms with Crippen LogP contribution in [-0.2, 0) is 20.1 Å². The van der Waals surface area contributed by atoms with E-state index >= 15 is 0 Å². The van der Waals surface area contributed by atoms with Crippen LogP contribution in [0, 0.1) is 13.0 Å². The normalized spacial score (nSPS) is 11.0. The number of aryl methyl sites for hydroxylation is 1. The van der Waals surface area contributed by atoms with Crippen molar-refractivity contribution < 1.29 is 20.1 Å². The van der Waals surface area contributed by atoms with Gasteiger partial charge in [-0.15, -0.1) is 35.9 Å². The molecule has 1 aromatic heterocycles. The zero-order valence-corrected chi connectivity index (χ0v) is 17.8. The van der Waals surface area contributed by atoms with E-state index < -0.39 is 0 Å². The fraction of sp³-hybridized carbons (Fsp3) is 0.333. The van der Waals surface area contributed by atoms with Crippen molar-refractivity contribution in [3.8, 4) is 17.1 Å². The Balaban J connectivity index is 0.00000225. The second kappa shape index (κ2) is 8.07. The van der Waals surface area contributed by atoms with Crippen molar-refractivity contribution in [1.82, 2.24) is 14.8 Å². The smallest absolute Gasteiger partial charge is 0.137 e. The van der Waals surface area contributed by atoms with Gasteiger partial charge in [-0.1, -0.05) is 45.9 Å². The molecule has 4 heteroatoms. The molecular weight excluding hydrogens is 486 g/mol. The minimum atomic E-state index is 0. The minimum absolute atomic E-state index is 0. The van der Waals surface area contributed by atoms with Gasteiger partial charge in [0.1, 0.15) is 5.82 Å². The summed E-state index contributed by atoms with van der Waals surface area (Å²) >= 11 is 0. The maximum atomic E-state index is 4.73. The molecule has 133 valence electrons. The number of aromatic nitrogens is 3. The van der Waals surface area contributed by atoms with Gasteiger partial charge in [-0.2, -0.15) is 5.10 Å². The summed E-state index contributed by atoms with van der Waals surface area (Å²) in [6.07, 6.45) is 0. The van der Waals surface area contributed by atoms with Crippen molar-refractivity contribution in [2.45, 2.75) is 46.5 Å². The molecule has 0 unspecified atom stereocenters. The molecule has 0 amide bonds. The minimum Gasteiger partial charge on any atom is -0.262 e. The third kappa shape index (κ3) is 3.91. The third-order valence-electron chi connectivity index (χ3n) is 4.22. The molecule has 25 heavy (non-hydrogen) atoms. The monoisotopic (exact) mass is 511 g/mol. The van der Waals surface area contributed by atoms with Crippen LogP contribution in [0.5, 0.6) is 0 Å². The fourth-order valence-electron chi connectivity index (χ4n) is 3.03. The summed E-state index contributed by atoms with van der Waals surface area (Å²) in [6, 6.07) is 17.8. The van der Waals surface area contributed by atoms with Gasteiger partial charge < -0.3 is 0 Å². The Kier molecular flexibility index (Phi) is 6.31. The molecule has 0 saturated carbocycles. The topological polar surface area (TPSA) is 30.7 Å². The van der Waals surface area contributed by atoms with Crippen molar-refractivity contribution in [3.63, 3.8) is 0 Å². The molecule has 0 fully saturated rings. The number of benzene rings is 2. The van der Waals surface area contributed by atoms with Crippen LogP contribution in [0.1, 0.15) is 56.5 Å². The molecule has 0 aliphatic heterocycles. The first kappa shape index (κ1) is 19.6. The van der Waals surface area contributed by atoms with E-state index in [-0.39, 0.29) is 20.1 Å². The number of nitrogens with zero attached hydrogens (tertiary/aromatic N) is 3. The predicted molar refractivity (Wildman–Crippen MR) is 98.5 cm³/mol. The van der Waals surface area contributed by atoms with Gasteiger partial charge in [-0.3, -0.25) is 9.67 Å². The number of rotatable bonds is 4. The zero-order chi connectivity index (χ0) is 17.3. The Morgan fingerprint density at radius 1 is 0.920 bits per heavy atom. The molecule has 0 atom stereocenters. The van der Waals surface area contributed by atoms with E-state index in [4.69, 9.17) is 5.10 Å². The molecule has 1 radical (unpaired) electrons. The number of para-hydroxylation sites is 1. The van der Waals surface area contributed by atoms with Gasteiger partial charge in [0.05, 0.1) is 11.5 Å². The molecular formula is C21H24IrN3-. The first-order valence-corrected chi connectivity index (χ1v) is 8.53. The quantitative estimate of drug-likeness (QED) is 0.447. The molecule has 3 rings (SSSR count). The van der Waals surface area contributed by atoms with Crippen LogP contribution in [0.4, 0.5) is 0 Å². The summed E-state index contributed by atoms with van der Waals surface area (Å²) in [5, 5.41) is 4.73. The number of hydrogen-bond acceptors (Lipinski definition) is 2. The SMILES string of the molecule is Cc1nc(-c2[c-]cccc2)n(-c2c(C(C)C)cccc2C(C)C)n1.[Ir]. The Morgan fingerprint density at radius 3 is 2.08 bits per heavy atom. The molecule has 3 nitrogen and oxygen atoms in total.